The Morgan fingerprint density at radius 1 is 0.714 bits per heavy atom. The zero-order chi connectivity index (χ0) is 15.8. The average Bonchev–Trinajstić information content (AvgIpc) is 2.48. The third kappa shape index (κ3) is 5.10. The quantitative estimate of drug-likeness (QED) is 0.788. The third-order valence-electron chi connectivity index (χ3n) is 3.00. The van der Waals surface area contributed by atoms with Crippen LogP contribution in [0.1, 0.15) is 36.0 Å². The maximum absolute atomic E-state index is 10.5. The molecule has 0 heterocycles. The molecule has 0 fully saturated rings. The van der Waals surface area contributed by atoms with Crippen LogP contribution in [-0.4, -0.2) is 33.2 Å². The van der Waals surface area contributed by atoms with Gasteiger partial charge in [-0.05, 0) is 37.8 Å². The second-order valence-electron chi connectivity index (χ2n) is 4.45. The van der Waals surface area contributed by atoms with Crippen molar-refractivity contribution in [2.24, 2.45) is 0 Å². The van der Waals surface area contributed by atoms with E-state index in [1.807, 2.05) is 0 Å². The fraction of sp³-hybridized carbons (Fsp3) is 0.267. The van der Waals surface area contributed by atoms with Crippen molar-refractivity contribution in [3.8, 4) is 0 Å². The molecule has 0 unspecified atom stereocenters. The molecule has 0 saturated carbocycles. The van der Waals surface area contributed by atoms with Crippen molar-refractivity contribution in [2.45, 2.75) is 25.7 Å². The maximum atomic E-state index is 10.5. The zero-order valence-electron chi connectivity index (χ0n) is 11.3. The molecule has 1 aliphatic rings. The molecule has 1 aliphatic carbocycles. The van der Waals surface area contributed by atoms with E-state index < -0.39 is 17.9 Å². The minimum absolute atomic E-state index is 0.0775. The topological polar surface area (TPSA) is 112 Å². The molecule has 0 spiro atoms. The number of hydrogen-bond acceptors (Lipinski definition) is 3. The fourth-order valence-electron chi connectivity index (χ4n) is 1.96. The van der Waals surface area contributed by atoms with E-state index in [4.69, 9.17) is 15.3 Å². The molecule has 0 saturated heterocycles. The zero-order valence-corrected chi connectivity index (χ0v) is 11.3. The second-order valence-corrected chi connectivity index (χ2v) is 4.45. The van der Waals surface area contributed by atoms with Crippen molar-refractivity contribution in [3.05, 3.63) is 47.0 Å². The van der Waals surface area contributed by atoms with E-state index in [2.05, 4.69) is 0 Å². The van der Waals surface area contributed by atoms with Crippen molar-refractivity contribution >= 4 is 17.9 Å². The standard InChI is InChI=1S/C8H10O4.C7H6O2/c9-7(10)5-3-1-2-4-6(5)8(11)12;8-7(9)6-4-2-1-3-5-6/h1-4H2,(H,9,10)(H,11,12);1-5H,(H,8,9). The summed E-state index contributed by atoms with van der Waals surface area (Å²) in [6.07, 6.45) is 2.32. The highest BCUT2D eigenvalue weighted by atomic mass is 16.4. The molecule has 1 aromatic rings. The highest BCUT2D eigenvalue weighted by Crippen LogP contribution is 2.24. The van der Waals surface area contributed by atoms with Gasteiger partial charge in [0, 0.05) is 11.1 Å². The Morgan fingerprint density at radius 3 is 1.43 bits per heavy atom. The molecule has 0 bridgehead atoms. The summed E-state index contributed by atoms with van der Waals surface area (Å²) in [7, 11) is 0. The normalized spacial score (nSPS) is 13.9. The first-order valence-electron chi connectivity index (χ1n) is 6.40. The summed E-state index contributed by atoms with van der Waals surface area (Å²) in [6, 6.07) is 8.30. The summed E-state index contributed by atoms with van der Waals surface area (Å²) < 4.78 is 0. The predicted octanol–water partition coefficient (Wildman–Crippen LogP) is 2.41. The monoisotopic (exact) mass is 292 g/mol. The number of aliphatic carboxylic acids is 2. The molecule has 2 rings (SSSR count). The van der Waals surface area contributed by atoms with Crippen molar-refractivity contribution in [2.75, 3.05) is 0 Å². The van der Waals surface area contributed by atoms with Gasteiger partial charge in [0.05, 0.1) is 5.56 Å². The van der Waals surface area contributed by atoms with Crippen molar-refractivity contribution in [1.29, 1.82) is 0 Å². The van der Waals surface area contributed by atoms with Crippen LogP contribution in [0.4, 0.5) is 0 Å². The summed E-state index contributed by atoms with van der Waals surface area (Å²) in [5.74, 6) is -3.06. The Labute approximate surface area is 121 Å². The minimum Gasteiger partial charge on any atom is -0.478 e. The van der Waals surface area contributed by atoms with Gasteiger partial charge in [-0.25, -0.2) is 14.4 Å². The minimum atomic E-state index is -1.09. The van der Waals surface area contributed by atoms with Crippen LogP contribution >= 0.6 is 0 Å². The van der Waals surface area contributed by atoms with Gasteiger partial charge < -0.3 is 15.3 Å². The molecular formula is C15H16O6. The lowest BCUT2D eigenvalue weighted by Crippen LogP contribution is -2.14. The van der Waals surface area contributed by atoms with E-state index in [9.17, 15) is 14.4 Å². The highest BCUT2D eigenvalue weighted by Gasteiger charge is 2.22. The Morgan fingerprint density at radius 2 is 1.14 bits per heavy atom. The van der Waals surface area contributed by atoms with Crippen LogP contribution in [0.15, 0.2) is 41.5 Å². The van der Waals surface area contributed by atoms with E-state index in [0.29, 0.717) is 18.4 Å². The molecule has 21 heavy (non-hydrogen) atoms. The second kappa shape index (κ2) is 7.84. The van der Waals surface area contributed by atoms with Gasteiger partial charge in [-0.15, -0.1) is 0 Å². The SMILES string of the molecule is O=C(O)C1=C(C(=O)O)CCCC1.O=C(O)c1ccccc1. The van der Waals surface area contributed by atoms with E-state index in [1.165, 1.54) is 0 Å². The third-order valence-corrected chi connectivity index (χ3v) is 3.00. The van der Waals surface area contributed by atoms with Crippen LogP contribution in [0.2, 0.25) is 0 Å². The molecule has 6 heteroatoms. The molecule has 6 nitrogen and oxygen atoms in total. The lowest BCUT2D eigenvalue weighted by atomic mass is 9.92. The molecule has 0 aromatic heterocycles. The average molecular weight is 292 g/mol. The van der Waals surface area contributed by atoms with Crippen molar-refractivity contribution < 1.29 is 29.7 Å². The van der Waals surface area contributed by atoms with Crippen LogP contribution < -0.4 is 0 Å². The number of aromatic carboxylic acids is 1. The number of benzene rings is 1. The van der Waals surface area contributed by atoms with Crippen molar-refractivity contribution in [1.82, 2.24) is 0 Å². The number of carbonyl (C=O) groups is 3. The number of rotatable bonds is 3. The smallest absolute Gasteiger partial charge is 0.335 e. The Bertz CT molecular complexity index is 533. The highest BCUT2D eigenvalue weighted by molar-refractivity contribution is 5.99. The van der Waals surface area contributed by atoms with Gasteiger partial charge in [0.2, 0.25) is 0 Å². The first-order valence-corrected chi connectivity index (χ1v) is 6.40. The fourth-order valence-corrected chi connectivity index (χ4v) is 1.96. The number of hydrogen-bond donors (Lipinski definition) is 3. The Hall–Kier alpha value is -2.63. The molecular weight excluding hydrogens is 276 g/mol. The van der Waals surface area contributed by atoms with Crippen LogP contribution in [0, 0.1) is 0 Å². The largest absolute Gasteiger partial charge is 0.478 e. The van der Waals surface area contributed by atoms with Gasteiger partial charge in [-0.1, -0.05) is 18.2 Å². The summed E-state index contributed by atoms with van der Waals surface area (Å²) in [5.41, 5.74) is 0.486. The molecule has 3 N–H and O–H groups in total. The van der Waals surface area contributed by atoms with E-state index in [0.717, 1.165) is 12.8 Å². The van der Waals surface area contributed by atoms with Crippen molar-refractivity contribution in [3.63, 3.8) is 0 Å². The summed E-state index contributed by atoms with van der Waals surface area (Å²) in [4.78, 5) is 31.3. The van der Waals surface area contributed by atoms with E-state index >= 15 is 0 Å². The maximum Gasteiger partial charge on any atom is 0.335 e. The molecule has 0 amide bonds. The first kappa shape index (κ1) is 16.4. The number of carboxylic acids is 3. The van der Waals surface area contributed by atoms with E-state index in [1.54, 1.807) is 30.3 Å². The molecule has 0 radical (unpaired) electrons. The first-order chi connectivity index (χ1) is 9.93. The van der Waals surface area contributed by atoms with Gasteiger partial charge in [0.1, 0.15) is 0 Å². The molecule has 112 valence electrons. The van der Waals surface area contributed by atoms with Gasteiger partial charge in [0.25, 0.3) is 0 Å². The lowest BCUT2D eigenvalue weighted by Gasteiger charge is -2.13. The predicted molar refractivity (Wildman–Crippen MR) is 74.2 cm³/mol. The van der Waals surface area contributed by atoms with Crippen LogP contribution in [0.25, 0.3) is 0 Å². The molecule has 1 aromatic carbocycles. The van der Waals surface area contributed by atoms with Crippen LogP contribution in [0.5, 0.6) is 0 Å². The van der Waals surface area contributed by atoms with E-state index in [-0.39, 0.29) is 11.1 Å². The molecule has 0 aliphatic heterocycles. The summed E-state index contributed by atoms with van der Waals surface area (Å²) in [6.45, 7) is 0. The van der Waals surface area contributed by atoms with Crippen LogP contribution in [-0.2, 0) is 9.59 Å². The van der Waals surface area contributed by atoms with Gasteiger partial charge in [0.15, 0.2) is 0 Å². The Kier molecular flexibility index (Phi) is 6.13. The van der Waals surface area contributed by atoms with Crippen LogP contribution in [0.3, 0.4) is 0 Å². The summed E-state index contributed by atoms with van der Waals surface area (Å²) in [5, 5.41) is 25.7. The lowest BCUT2D eigenvalue weighted by molar-refractivity contribution is -0.136. The van der Waals surface area contributed by atoms with Gasteiger partial charge >= 0.3 is 17.9 Å². The number of carboxylic acid groups (broad SMARTS) is 3. The molecule has 0 atom stereocenters. The summed E-state index contributed by atoms with van der Waals surface area (Å²) >= 11 is 0. The van der Waals surface area contributed by atoms with Gasteiger partial charge in [-0.3, -0.25) is 0 Å². The van der Waals surface area contributed by atoms with Gasteiger partial charge in [-0.2, -0.15) is 0 Å². The Balaban J connectivity index is 0.000000219.